The molecular weight excluding hydrogens is 754 g/mol. The van der Waals surface area contributed by atoms with Gasteiger partial charge in [-0.3, -0.25) is 0 Å². The largest absolute Gasteiger partial charge is 0.376 e. The molecule has 3 aliphatic heterocycles. The molecule has 0 aliphatic carbocycles. The molecule has 0 atom stereocenters. The van der Waals surface area contributed by atoms with Gasteiger partial charge in [-0.05, 0) is 110 Å². The molecule has 11 rings (SSSR count). The fourth-order valence-corrected chi connectivity index (χ4v) is 11.0. The van der Waals surface area contributed by atoms with Gasteiger partial charge in [0, 0.05) is 65.8 Å². The van der Waals surface area contributed by atoms with Gasteiger partial charge < -0.3 is 15.4 Å². The predicted molar refractivity (Wildman–Crippen MR) is 259 cm³/mol. The van der Waals surface area contributed by atoms with E-state index in [4.69, 9.17) is 0 Å². The van der Waals surface area contributed by atoms with Gasteiger partial charge in [-0.15, -0.1) is 22.7 Å². The monoisotopic (exact) mass is 803 g/mol. The highest BCUT2D eigenvalue weighted by molar-refractivity contribution is 7.17. The Morgan fingerprint density at radius 1 is 0.492 bits per heavy atom. The molecule has 1 saturated heterocycles. The lowest BCUT2D eigenvalue weighted by molar-refractivity contribution is 0.183. The van der Waals surface area contributed by atoms with E-state index < -0.39 is 0 Å². The quantitative estimate of drug-likeness (QED) is 0.174. The Hall–Kier alpha value is -5.66. The highest BCUT2D eigenvalue weighted by atomic mass is 32.1. The van der Waals surface area contributed by atoms with Crippen LogP contribution in [0.1, 0.15) is 47.0 Å². The van der Waals surface area contributed by atoms with Crippen molar-refractivity contribution in [1.82, 2.24) is 5.32 Å². The van der Waals surface area contributed by atoms with Gasteiger partial charge in [-0.1, -0.05) is 140 Å². The van der Waals surface area contributed by atoms with Crippen molar-refractivity contribution in [3.8, 4) is 43.1 Å². The normalized spacial score (nSPS) is 15.1. The first-order valence-corrected chi connectivity index (χ1v) is 22.5. The molecule has 5 heterocycles. The fraction of sp³-hybridized carbons (Fsp3) is 0.170. The van der Waals surface area contributed by atoms with Crippen LogP contribution in [-0.4, -0.2) is 17.9 Å². The van der Waals surface area contributed by atoms with Crippen LogP contribution in [0.5, 0.6) is 0 Å². The average molecular weight is 804 g/mol. The Bertz CT molecular complexity index is 2670. The van der Waals surface area contributed by atoms with Gasteiger partial charge in [0.05, 0.1) is 0 Å². The zero-order valence-corrected chi connectivity index (χ0v) is 35.9. The highest BCUT2D eigenvalue weighted by Crippen LogP contribution is 2.46. The first kappa shape index (κ1) is 38.8. The summed E-state index contributed by atoms with van der Waals surface area (Å²) in [4.78, 5) is 5.21. The molecule has 0 saturated carbocycles. The lowest BCUT2D eigenvalue weighted by Gasteiger charge is -2.42. The van der Waals surface area contributed by atoms with E-state index in [0.29, 0.717) is 11.1 Å². The second-order valence-corrected chi connectivity index (χ2v) is 18.8. The van der Waals surface area contributed by atoms with Gasteiger partial charge in [0.1, 0.15) is 0 Å². The molecule has 59 heavy (non-hydrogen) atoms. The van der Waals surface area contributed by atoms with Crippen LogP contribution in [0.4, 0.5) is 22.7 Å². The Balaban J connectivity index is 0.000000124. The highest BCUT2D eigenvalue weighted by Gasteiger charge is 2.42. The zero-order chi connectivity index (χ0) is 40.4. The van der Waals surface area contributed by atoms with Crippen molar-refractivity contribution in [2.24, 2.45) is 0 Å². The van der Waals surface area contributed by atoms with Gasteiger partial charge in [0.25, 0.3) is 0 Å². The average Bonchev–Trinajstić information content (AvgIpc) is 3.98. The minimum atomic E-state index is 0.252. The van der Waals surface area contributed by atoms with E-state index in [9.17, 15) is 0 Å². The standard InChI is InChI=1S/C22H14BNS.C22H17NS.C9H19N/c1-4-10-18-15(7-1)16-8-2-5-11-20(16)24-21-12-6-3-9-17(21)22-19(23(18)24)13-14-25-22;1-2-9-17(10-3-1)18-11-4-6-13-20(18)23-21-14-7-5-12-19(21)22-15-8-16-24-22;1-8(2)6-5-7-9(3,4)10-8/h1-14H;1-16,23H;10H,5-7H2,1-4H3. The number of benzene rings is 6. The summed E-state index contributed by atoms with van der Waals surface area (Å²) in [6, 6.07) is 60.4. The van der Waals surface area contributed by atoms with E-state index in [2.05, 4.69) is 218 Å². The Labute approximate surface area is 358 Å². The molecule has 0 radical (unpaired) electrons. The third-order valence-electron chi connectivity index (χ3n) is 11.6. The van der Waals surface area contributed by atoms with Gasteiger partial charge in [-0.25, -0.2) is 0 Å². The molecule has 1 fully saturated rings. The smallest absolute Gasteiger partial charge is 0.330 e. The molecule has 0 unspecified atom stereocenters. The maximum atomic E-state index is 3.63. The van der Waals surface area contributed by atoms with Crippen LogP contribution < -0.4 is 26.4 Å². The number of nitrogens with zero attached hydrogens (tertiary/aromatic N) is 1. The van der Waals surface area contributed by atoms with Gasteiger partial charge in [0.2, 0.25) is 0 Å². The Kier molecular flexibility index (Phi) is 10.9. The minimum absolute atomic E-state index is 0.252. The summed E-state index contributed by atoms with van der Waals surface area (Å²) in [5.74, 6) is 0. The van der Waals surface area contributed by atoms with Crippen LogP contribution in [0.3, 0.4) is 0 Å². The van der Waals surface area contributed by atoms with E-state index in [1.165, 1.54) is 84.7 Å². The van der Waals surface area contributed by atoms with Crippen LogP contribution in [0.25, 0.3) is 43.1 Å². The molecule has 0 bridgehead atoms. The van der Waals surface area contributed by atoms with Crippen molar-refractivity contribution in [1.29, 1.82) is 0 Å². The maximum absolute atomic E-state index is 3.63. The van der Waals surface area contributed by atoms with Crippen molar-refractivity contribution < 1.29 is 0 Å². The third-order valence-corrected chi connectivity index (χ3v) is 13.5. The summed E-state index contributed by atoms with van der Waals surface area (Å²) >= 11 is 3.61. The molecule has 6 heteroatoms. The number of thiophene rings is 2. The van der Waals surface area contributed by atoms with Crippen LogP contribution in [0, 0.1) is 0 Å². The number of anilines is 4. The van der Waals surface area contributed by atoms with E-state index in [0.717, 1.165) is 11.4 Å². The topological polar surface area (TPSA) is 27.3 Å². The summed E-state index contributed by atoms with van der Waals surface area (Å²) in [5.41, 5.74) is 16.1. The zero-order valence-electron chi connectivity index (χ0n) is 34.3. The first-order chi connectivity index (χ1) is 28.8. The number of hydrogen-bond donors (Lipinski definition) is 2. The molecule has 292 valence electrons. The van der Waals surface area contributed by atoms with Crippen LogP contribution >= 0.6 is 22.7 Å². The van der Waals surface area contributed by atoms with E-state index in [1.807, 2.05) is 17.4 Å². The summed E-state index contributed by atoms with van der Waals surface area (Å²) in [6.45, 7) is 9.39. The number of piperidine rings is 1. The second kappa shape index (κ2) is 16.5. The van der Waals surface area contributed by atoms with Crippen molar-refractivity contribution in [2.45, 2.75) is 58.0 Å². The van der Waals surface area contributed by atoms with Crippen molar-refractivity contribution in [2.75, 3.05) is 10.1 Å². The first-order valence-electron chi connectivity index (χ1n) is 20.7. The van der Waals surface area contributed by atoms with Gasteiger partial charge in [0.15, 0.2) is 0 Å². The molecule has 0 amide bonds. The molecule has 3 nitrogen and oxygen atoms in total. The summed E-state index contributed by atoms with van der Waals surface area (Å²) in [6.07, 6.45) is 4.00. The molecule has 2 aromatic heterocycles. The van der Waals surface area contributed by atoms with E-state index >= 15 is 0 Å². The van der Waals surface area contributed by atoms with Crippen molar-refractivity contribution in [3.05, 3.63) is 181 Å². The number of fused-ring (bicyclic) bond motifs is 11. The van der Waals surface area contributed by atoms with Crippen LogP contribution in [0.15, 0.2) is 181 Å². The second-order valence-electron chi connectivity index (χ2n) is 16.9. The van der Waals surface area contributed by atoms with Crippen molar-refractivity contribution >= 4 is 63.2 Å². The predicted octanol–water partition coefficient (Wildman–Crippen LogP) is 13.8. The summed E-state index contributed by atoms with van der Waals surface area (Å²) < 4.78 is 0. The number of nitrogens with one attached hydrogen (secondary N) is 2. The molecule has 6 aromatic carbocycles. The lowest BCUT2D eigenvalue weighted by Crippen LogP contribution is -2.59. The lowest BCUT2D eigenvalue weighted by atomic mass is 9.44. The molecule has 2 N–H and O–H groups in total. The summed E-state index contributed by atoms with van der Waals surface area (Å²) in [5, 5.41) is 11.6. The SMILES string of the molecule is CC1(C)CCCC(C)(C)N1.c1ccc(-c2ccccc2Nc2ccccc2-c2cccs2)cc1.c1ccc2c(c1)B1c3ccsc3-c3ccccc3N1c1ccccc1-2. The molecule has 3 aliphatic rings. The Morgan fingerprint density at radius 2 is 1.05 bits per heavy atom. The van der Waals surface area contributed by atoms with E-state index in [-0.39, 0.29) is 6.85 Å². The third kappa shape index (κ3) is 8.05. The number of hydrogen-bond acceptors (Lipinski definition) is 5. The Morgan fingerprint density at radius 3 is 1.71 bits per heavy atom. The molecule has 8 aromatic rings. The number of rotatable bonds is 4. The maximum Gasteiger partial charge on any atom is 0.330 e. The van der Waals surface area contributed by atoms with Crippen LogP contribution in [0.2, 0.25) is 0 Å². The van der Waals surface area contributed by atoms with Gasteiger partial charge >= 0.3 is 6.85 Å². The number of para-hydroxylation sites is 4. The van der Waals surface area contributed by atoms with Crippen molar-refractivity contribution in [3.63, 3.8) is 0 Å². The summed E-state index contributed by atoms with van der Waals surface area (Å²) in [7, 11) is 0. The minimum Gasteiger partial charge on any atom is -0.376 e. The van der Waals surface area contributed by atoms with Gasteiger partial charge in [-0.2, -0.15) is 0 Å². The molecular formula is C53H50BN3S2. The van der Waals surface area contributed by atoms with E-state index in [1.54, 1.807) is 11.3 Å². The fourth-order valence-electron chi connectivity index (χ4n) is 9.23. The van der Waals surface area contributed by atoms with Crippen LogP contribution in [-0.2, 0) is 0 Å². The molecule has 0 spiro atoms.